The molecule has 2 aromatic rings. The van der Waals surface area contributed by atoms with Crippen LogP contribution in [0.4, 0.5) is 0 Å². The number of furan rings is 1. The quantitative estimate of drug-likeness (QED) is 0.860. The first-order chi connectivity index (χ1) is 8.16. The zero-order valence-electron chi connectivity index (χ0n) is 10.4. The van der Waals surface area contributed by atoms with Gasteiger partial charge in [-0.1, -0.05) is 5.16 Å². The van der Waals surface area contributed by atoms with Crippen LogP contribution in [-0.4, -0.2) is 16.7 Å². The molecule has 0 aromatic carbocycles. The lowest BCUT2D eigenvalue weighted by atomic mass is 10.1. The van der Waals surface area contributed by atoms with Gasteiger partial charge in [-0.05, 0) is 26.8 Å². The Balaban J connectivity index is 1.85. The van der Waals surface area contributed by atoms with Crippen LogP contribution in [0.2, 0.25) is 0 Å². The van der Waals surface area contributed by atoms with Crippen LogP contribution in [0.3, 0.4) is 0 Å². The Morgan fingerprint density at radius 3 is 2.82 bits per heavy atom. The second-order valence-corrected chi connectivity index (χ2v) is 4.14. The number of aromatic nitrogens is 2. The summed E-state index contributed by atoms with van der Waals surface area (Å²) in [5, 5.41) is 7.17. The van der Waals surface area contributed by atoms with Crippen LogP contribution in [0, 0.1) is 13.8 Å². The van der Waals surface area contributed by atoms with Crippen molar-refractivity contribution in [2.75, 3.05) is 6.54 Å². The van der Waals surface area contributed by atoms with Gasteiger partial charge in [-0.25, -0.2) is 0 Å². The minimum Gasteiger partial charge on any atom is -0.466 e. The summed E-state index contributed by atoms with van der Waals surface area (Å²) in [5.41, 5.74) is 1.20. The zero-order valence-corrected chi connectivity index (χ0v) is 10.4. The molecule has 0 saturated heterocycles. The average Bonchev–Trinajstić information content (AvgIpc) is 2.88. The lowest BCUT2D eigenvalue weighted by Crippen LogP contribution is -2.21. The van der Waals surface area contributed by atoms with E-state index in [1.54, 1.807) is 0 Å². The van der Waals surface area contributed by atoms with Crippen molar-refractivity contribution in [3.63, 3.8) is 0 Å². The van der Waals surface area contributed by atoms with Gasteiger partial charge < -0.3 is 14.3 Å². The minimum atomic E-state index is 0.263. The number of hydrogen-bond acceptors (Lipinski definition) is 5. The van der Waals surface area contributed by atoms with E-state index >= 15 is 0 Å². The molecular weight excluding hydrogens is 218 g/mol. The van der Waals surface area contributed by atoms with E-state index in [1.807, 2.05) is 13.8 Å². The van der Waals surface area contributed by atoms with E-state index in [9.17, 15) is 0 Å². The van der Waals surface area contributed by atoms with Gasteiger partial charge in [0.05, 0.1) is 0 Å². The third kappa shape index (κ3) is 2.94. The van der Waals surface area contributed by atoms with E-state index in [2.05, 4.69) is 33.0 Å². The van der Waals surface area contributed by atoms with Gasteiger partial charge >= 0.3 is 0 Å². The molecule has 0 radical (unpaired) electrons. The first kappa shape index (κ1) is 11.9. The van der Waals surface area contributed by atoms with Crippen molar-refractivity contribution in [2.24, 2.45) is 0 Å². The molecule has 0 spiro atoms. The van der Waals surface area contributed by atoms with Gasteiger partial charge in [0.25, 0.3) is 0 Å². The molecule has 0 aliphatic rings. The highest BCUT2D eigenvalue weighted by atomic mass is 16.5. The highest BCUT2D eigenvalue weighted by Crippen LogP contribution is 2.20. The van der Waals surface area contributed by atoms with Crippen molar-refractivity contribution in [3.8, 4) is 0 Å². The predicted octanol–water partition coefficient (Wildman–Crippen LogP) is 2.17. The lowest BCUT2D eigenvalue weighted by molar-refractivity contribution is 0.408. The summed E-state index contributed by atoms with van der Waals surface area (Å²) < 4.78 is 10.2. The molecule has 0 aliphatic heterocycles. The molecule has 92 valence electrons. The normalized spacial score (nSPS) is 12.9. The Bertz CT molecular complexity index is 462. The van der Waals surface area contributed by atoms with E-state index < -0.39 is 0 Å². The van der Waals surface area contributed by atoms with Crippen molar-refractivity contribution >= 4 is 0 Å². The van der Waals surface area contributed by atoms with E-state index in [0.717, 1.165) is 30.3 Å². The SMILES string of the molecule is Cc1cc(C(C)NCCc2ncon2)c(C)o1. The van der Waals surface area contributed by atoms with Gasteiger partial charge in [-0.15, -0.1) is 0 Å². The molecule has 0 bridgehead atoms. The topological polar surface area (TPSA) is 64.1 Å². The Morgan fingerprint density at radius 1 is 1.41 bits per heavy atom. The van der Waals surface area contributed by atoms with Gasteiger partial charge in [0.15, 0.2) is 5.82 Å². The van der Waals surface area contributed by atoms with E-state index in [-0.39, 0.29) is 6.04 Å². The van der Waals surface area contributed by atoms with E-state index in [1.165, 1.54) is 12.0 Å². The monoisotopic (exact) mass is 235 g/mol. The van der Waals surface area contributed by atoms with Crippen LogP contribution in [0.25, 0.3) is 0 Å². The van der Waals surface area contributed by atoms with Crippen molar-refractivity contribution in [2.45, 2.75) is 33.2 Å². The average molecular weight is 235 g/mol. The lowest BCUT2D eigenvalue weighted by Gasteiger charge is -2.11. The molecule has 0 aliphatic carbocycles. The summed E-state index contributed by atoms with van der Waals surface area (Å²) in [4.78, 5) is 3.97. The van der Waals surface area contributed by atoms with Crippen molar-refractivity contribution < 1.29 is 8.94 Å². The van der Waals surface area contributed by atoms with Gasteiger partial charge in [0.2, 0.25) is 6.39 Å². The highest BCUT2D eigenvalue weighted by molar-refractivity contribution is 5.23. The molecule has 1 unspecified atom stereocenters. The molecular formula is C12H17N3O2. The molecule has 1 atom stereocenters. The Kier molecular flexibility index (Phi) is 3.58. The fraction of sp³-hybridized carbons (Fsp3) is 0.500. The van der Waals surface area contributed by atoms with Crippen LogP contribution in [0.5, 0.6) is 0 Å². The van der Waals surface area contributed by atoms with E-state index in [4.69, 9.17) is 4.42 Å². The molecule has 1 N–H and O–H groups in total. The Morgan fingerprint density at radius 2 is 2.24 bits per heavy atom. The van der Waals surface area contributed by atoms with Crippen LogP contribution >= 0.6 is 0 Å². The van der Waals surface area contributed by atoms with E-state index in [0.29, 0.717) is 0 Å². The summed E-state index contributed by atoms with van der Waals surface area (Å²) in [6.07, 6.45) is 2.11. The molecule has 0 saturated carbocycles. The Hall–Kier alpha value is -1.62. The summed E-state index contributed by atoms with van der Waals surface area (Å²) >= 11 is 0. The first-order valence-electron chi connectivity index (χ1n) is 5.72. The van der Waals surface area contributed by atoms with Gasteiger partial charge in [-0.2, -0.15) is 4.98 Å². The summed E-state index contributed by atoms with van der Waals surface area (Å²) in [6, 6.07) is 2.33. The summed E-state index contributed by atoms with van der Waals surface area (Å²) in [7, 11) is 0. The number of aryl methyl sites for hydroxylation is 2. The van der Waals surface area contributed by atoms with Crippen LogP contribution in [0.1, 0.15) is 35.9 Å². The Labute approximate surface area is 100 Å². The maximum absolute atomic E-state index is 5.51. The fourth-order valence-electron chi connectivity index (χ4n) is 1.89. The number of nitrogens with zero attached hydrogens (tertiary/aromatic N) is 2. The van der Waals surface area contributed by atoms with Gasteiger partial charge in [0, 0.05) is 24.6 Å². The minimum absolute atomic E-state index is 0.263. The van der Waals surface area contributed by atoms with Crippen molar-refractivity contribution in [1.82, 2.24) is 15.5 Å². The van der Waals surface area contributed by atoms with Crippen molar-refractivity contribution in [3.05, 3.63) is 35.4 Å². The molecule has 2 aromatic heterocycles. The number of nitrogens with one attached hydrogen (secondary N) is 1. The first-order valence-corrected chi connectivity index (χ1v) is 5.72. The molecule has 0 fully saturated rings. The second-order valence-electron chi connectivity index (χ2n) is 4.14. The number of hydrogen-bond donors (Lipinski definition) is 1. The highest BCUT2D eigenvalue weighted by Gasteiger charge is 2.12. The summed E-state index contributed by atoms with van der Waals surface area (Å²) in [6.45, 7) is 6.88. The molecule has 0 amide bonds. The van der Waals surface area contributed by atoms with Crippen LogP contribution in [-0.2, 0) is 6.42 Å². The molecule has 2 heterocycles. The third-order valence-corrected chi connectivity index (χ3v) is 2.75. The standard InChI is InChI=1S/C12H17N3O2/c1-8-6-11(10(3)17-8)9(2)13-5-4-12-14-7-16-15-12/h6-7,9,13H,4-5H2,1-3H3. The predicted molar refractivity (Wildman–Crippen MR) is 62.6 cm³/mol. The maximum atomic E-state index is 5.51. The fourth-order valence-corrected chi connectivity index (χ4v) is 1.89. The van der Waals surface area contributed by atoms with Crippen molar-refractivity contribution in [1.29, 1.82) is 0 Å². The molecule has 2 rings (SSSR count). The maximum Gasteiger partial charge on any atom is 0.213 e. The molecule has 17 heavy (non-hydrogen) atoms. The van der Waals surface area contributed by atoms with Gasteiger partial charge in [0.1, 0.15) is 11.5 Å². The smallest absolute Gasteiger partial charge is 0.213 e. The third-order valence-electron chi connectivity index (χ3n) is 2.75. The van der Waals surface area contributed by atoms with Crippen LogP contribution in [0.15, 0.2) is 21.4 Å². The van der Waals surface area contributed by atoms with Crippen LogP contribution < -0.4 is 5.32 Å². The molecule has 5 nitrogen and oxygen atoms in total. The number of rotatable bonds is 5. The zero-order chi connectivity index (χ0) is 12.3. The largest absolute Gasteiger partial charge is 0.466 e. The molecule has 5 heteroatoms. The second kappa shape index (κ2) is 5.14. The van der Waals surface area contributed by atoms with Gasteiger partial charge in [-0.3, -0.25) is 0 Å². The summed E-state index contributed by atoms with van der Waals surface area (Å²) in [5.74, 6) is 2.65.